The Morgan fingerprint density at radius 3 is 2.07 bits per heavy atom. The van der Waals surface area contributed by atoms with Gasteiger partial charge in [0.25, 0.3) is 0 Å². The molecular formula is C12H8INO. The van der Waals surface area contributed by atoms with Crippen molar-refractivity contribution in [3.8, 4) is 0 Å². The molecule has 2 aromatic rings. The highest BCUT2D eigenvalue weighted by Gasteiger charge is 2.07. The van der Waals surface area contributed by atoms with Crippen molar-refractivity contribution in [2.45, 2.75) is 0 Å². The van der Waals surface area contributed by atoms with Crippen molar-refractivity contribution in [2.75, 3.05) is 0 Å². The number of benzene rings is 1. The van der Waals surface area contributed by atoms with Crippen LogP contribution in [0.2, 0.25) is 0 Å². The summed E-state index contributed by atoms with van der Waals surface area (Å²) in [7, 11) is 0. The van der Waals surface area contributed by atoms with Crippen molar-refractivity contribution in [3.05, 3.63) is 63.5 Å². The van der Waals surface area contributed by atoms with Gasteiger partial charge < -0.3 is 0 Å². The van der Waals surface area contributed by atoms with Gasteiger partial charge in [-0.15, -0.1) is 0 Å². The Kier molecular flexibility index (Phi) is 3.11. The molecule has 0 unspecified atom stereocenters. The van der Waals surface area contributed by atoms with E-state index >= 15 is 0 Å². The van der Waals surface area contributed by atoms with Crippen LogP contribution in [-0.2, 0) is 0 Å². The zero-order valence-electron chi connectivity index (χ0n) is 7.85. The molecule has 0 saturated carbocycles. The lowest BCUT2D eigenvalue weighted by Gasteiger charge is -2.00. The molecule has 15 heavy (non-hydrogen) atoms. The third-order valence-electron chi connectivity index (χ3n) is 2.05. The van der Waals surface area contributed by atoms with E-state index in [2.05, 4.69) is 27.6 Å². The van der Waals surface area contributed by atoms with Crippen molar-refractivity contribution in [2.24, 2.45) is 0 Å². The maximum Gasteiger partial charge on any atom is 0.193 e. The predicted molar refractivity (Wildman–Crippen MR) is 66.8 cm³/mol. The highest BCUT2D eigenvalue weighted by molar-refractivity contribution is 14.1. The van der Waals surface area contributed by atoms with Gasteiger partial charge in [-0.05, 0) is 59.0 Å². The van der Waals surface area contributed by atoms with Crippen LogP contribution in [0.5, 0.6) is 0 Å². The molecule has 0 aliphatic rings. The second-order valence-electron chi connectivity index (χ2n) is 3.07. The Hall–Kier alpha value is -1.23. The SMILES string of the molecule is O=C(c1ccncc1)c1ccc(I)cc1. The molecular weight excluding hydrogens is 301 g/mol. The molecule has 1 heterocycles. The predicted octanol–water partition coefficient (Wildman–Crippen LogP) is 2.92. The number of aromatic nitrogens is 1. The molecule has 0 bridgehead atoms. The van der Waals surface area contributed by atoms with Crippen molar-refractivity contribution in [1.29, 1.82) is 0 Å². The van der Waals surface area contributed by atoms with E-state index in [1.807, 2.05) is 24.3 Å². The molecule has 0 atom stereocenters. The number of halogens is 1. The van der Waals surface area contributed by atoms with Gasteiger partial charge in [0, 0.05) is 27.1 Å². The van der Waals surface area contributed by atoms with Crippen LogP contribution >= 0.6 is 22.6 Å². The van der Waals surface area contributed by atoms with E-state index in [1.54, 1.807) is 24.5 Å². The number of ketones is 1. The first-order valence-electron chi connectivity index (χ1n) is 4.47. The van der Waals surface area contributed by atoms with Gasteiger partial charge in [-0.2, -0.15) is 0 Å². The zero-order chi connectivity index (χ0) is 10.7. The molecule has 0 N–H and O–H groups in total. The van der Waals surface area contributed by atoms with Crippen LogP contribution in [-0.4, -0.2) is 10.8 Å². The second-order valence-corrected chi connectivity index (χ2v) is 4.32. The third kappa shape index (κ3) is 2.41. The van der Waals surface area contributed by atoms with Gasteiger partial charge in [0.05, 0.1) is 0 Å². The van der Waals surface area contributed by atoms with Gasteiger partial charge in [-0.1, -0.05) is 0 Å². The topological polar surface area (TPSA) is 30.0 Å². The van der Waals surface area contributed by atoms with Crippen LogP contribution in [0.15, 0.2) is 48.8 Å². The molecule has 3 heteroatoms. The number of nitrogens with zero attached hydrogens (tertiary/aromatic N) is 1. The molecule has 0 aliphatic heterocycles. The van der Waals surface area contributed by atoms with Crippen LogP contribution in [0.3, 0.4) is 0 Å². The number of hydrogen-bond acceptors (Lipinski definition) is 2. The van der Waals surface area contributed by atoms with Crippen LogP contribution < -0.4 is 0 Å². The summed E-state index contributed by atoms with van der Waals surface area (Å²) in [6.45, 7) is 0. The normalized spacial score (nSPS) is 9.93. The van der Waals surface area contributed by atoms with Crippen molar-refractivity contribution in [1.82, 2.24) is 4.98 Å². The largest absolute Gasteiger partial charge is 0.289 e. The maximum atomic E-state index is 11.9. The molecule has 0 fully saturated rings. The summed E-state index contributed by atoms with van der Waals surface area (Å²) in [5.41, 5.74) is 1.38. The van der Waals surface area contributed by atoms with Crippen molar-refractivity contribution >= 4 is 28.4 Å². The summed E-state index contributed by atoms with van der Waals surface area (Å²) >= 11 is 2.21. The Morgan fingerprint density at radius 2 is 1.47 bits per heavy atom. The van der Waals surface area contributed by atoms with E-state index in [4.69, 9.17) is 0 Å². The molecule has 0 amide bonds. The van der Waals surface area contributed by atoms with Crippen LogP contribution in [0, 0.1) is 3.57 Å². The maximum absolute atomic E-state index is 11.9. The van der Waals surface area contributed by atoms with E-state index in [9.17, 15) is 4.79 Å². The van der Waals surface area contributed by atoms with Gasteiger partial charge in [0.1, 0.15) is 0 Å². The number of hydrogen-bond donors (Lipinski definition) is 0. The van der Waals surface area contributed by atoms with Crippen molar-refractivity contribution in [3.63, 3.8) is 0 Å². The highest BCUT2D eigenvalue weighted by Crippen LogP contribution is 2.11. The van der Waals surface area contributed by atoms with Crippen LogP contribution in [0.25, 0.3) is 0 Å². The smallest absolute Gasteiger partial charge is 0.193 e. The lowest BCUT2D eigenvalue weighted by atomic mass is 10.1. The summed E-state index contributed by atoms with van der Waals surface area (Å²) in [6.07, 6.45) is 3.25. The summed E-state index contributed by atoms with van der Waals surface area (Å²) in [6, 6.07) is 11.0. The summed E-state index contributed by atoms with van der Waals surface area (Å²) < 4.78 is 1.12. The van der Waals surface area contributed by atoms with Gasteiger partial charge in [0.2, 0.25) is 0 Å². The number of rotatable bonds is 2. The molecule has 1 aromatic heterocycles. The minimum Gasteiger partial charge on any atom is -0.289 e. The Morgan fingerprint density at radius 1 is 0.933 bits per heavy atom. The molecule has 0 saturated heterocycles. The minimum absolute atomic E-state index is 0.0359. The molecule has 74 valence electrons. The van der Waals surface area contributed by atoms with Gasteiger partial charge >= 0.3 is 0 Å². The first-order valence-corrected chi connectivity index (χ1v) is 5.55. The number of carbonyl (C=O) groups excluding carboxylic acids is 1. The van der Waals surface area contributed by atoms with E-state index in [1.165, 1.54) is 0 Å². The lowest BCUT2D eigenvalue weighted by Crippen LogP contribution is -2.00. The standard InChI is InChI=1S/C12H8INO/c13-11-3-1-9(2-4-11)12(15)10-5-7-14-8-6-10/h1-8H. The van der Waals surface area contributed by atoms with Crippen molar-refractivity contribution < 1.29 is 4.79 Å². The minimum atomic E-state index is 0.0359. The molecule has 2 rings (SSSR count). The molecule has 1 aromatic carbocycles. The third-order valence-corrected chi connectivity index (χ3v) is 2.77. The fourth-order valence-electron chi connectivity index (χ4n) is 1.27. The summed E-state index contributed by atoms with van der Waals surface area (Å²) in [4.78, 5) is 15.8. The average molecular weight is 309 g/mol. The Labute approximate surface area is 101 Å². The van der Waals surface area contributed by atoms with Gasteiger partial charge in [-0.25, -0.2) is 0 Å². The summed E-state index contributed by atoms with van der Waals surface area (Å²) in [5.74, 6) is 0.0359. The van der Waals surface area contributed by atoms with E-state index in [0.29, 0.717) is 11.1 Å². The highest BCUT2D eigenvalue weighted by atomic mass is 127. The first kappa shape index (κ1) is 10.3. The van der Waals surface area contributed by atoms with E-state index in [0.717, 1.165) is 3.57 Å². The second kappa shape index (κ2) is 4.53. The van der Waals surface area contributed by atoms with Gasteiger partial charge in [-0.3, -0.25) is 9.78 Å². The average Bonchev–Trinajstić information content (AvgIpc) is 2.30. The molecule has 0 radical (unpaired) electrons. The number of pyridine rings is 1. The summed E-state index contributed by atoms with van der Waals surface area (Å²) in [5, 5.41) is 0. The van der Waals surface area contributed by atoms with Crippen LogP contribution in [0.4, 0.5) is 0 Å². The molecule has 0 spiro atoms. The molecule has 0 aliphatic carbocycles. The zero-order valence-corrected chi connectivity index (χ0v) is 10.0. The van der Waals surface area contributed by atoms with E-state index in [-0.39, 0.29) is 5.78 Å². The quantitative estimate of drug-likeness (QED) is 0.631. The monoisotopic (exact) mass is 309 g/mol. The fourth-order valence-corrected chi connectivity index (χ4v) is 1.63. The number of carbonyl (C=O) groups is 1. The first-order chi connectivity index (χ1) is 7.27. The lowest BCUT2D eigenvalue weighted by molar-refractivity contribution is 0.103. The molecule has 2 nitrogen and oxygen atoms in total. The fraction of sp³-hybridized carbons (Fsp3) is 0. The Bertz CT molecular complexity index is 465. The Balaban J connectivity index is 2.33. The van der Waals surface area contributed by atoms with E-state index < -0.39 is 0 Å². The van der Waals surface area contributed by atoms with Gasteiger partial charge in [0.15, 0.2) is 5.78 Å². The van der Waals surface area contributed by atoms with Crippen LogP contribution in [0.1, 0.15) is 15.9 Å².